The quantitative estimate of drug-likeness (QED) is 0.133. The van der Waals surface area contributed by atoms with Crippen molar-refractivity contribution in [1.29, 1.82) is 0 Å². The molecule has 1 aromatic carbocycles. The van der Waals surface area contributed by atoms with E-state index in [9.17, 15) is 4.79 Å². The fourth-order valence-corrected chi connectivity index (χ4v) is 5.40. The van der Waals surface area contributed by atoms with Crippen molar-refractivity contribution >= 4 is 23.3 Å². The van der Waals surface area contributed by atoms with Gasteiger partial charge in [0.1, 0.15) is 5.02 Å². The van der Waals surface area contributed by atoms with Gasteiger partial charge in [0.2, 0.25) is 0 Å². The Hall–Kier alpha value is -2.54. The third-order valence-electron chi connectivity index (χ3n) is 7.47. The highest BCUT2D eigenvalue weighted by Crippen LogP contribution is 2.31. The van der Waals surface area contributed by atoms with Crippen LogP contribution >= 0.6 is 11.6 Å². The van der Waals surface area contributed by atoms with Crippen LogP contribution in [-0.4, -0.2) is 32.4 Å². The maximum atomic E-state index is 12.2. The molecule has 3 N–H and O–H groups in total. The first-order valence-electron chi connectivity index (χ1n) is 15.6. The normalized spacial score (nSPS) is 11.8. The van der Waals surface area contributed by atoms with E-state index in [2.05, 4.69) is 53.5 Å². The zero-order valence-electron chi connectivity index (χ0n) is 25.3. The molecular weight excluding hydrogens is 520 g/mol. The third kappa shape index (κ3) is 10.5. The third-order valence-corrected chi connectivity index (χ3v) is 7.83. The minimum absolute atomic E-state index is 0.117. The molecular formula is C32H51ClN6O. The highest BCUT2D eigenvalue weighted by Gasteiger charge is 2.24. The largest absolute Gasteiger partial charge is 0.338 e. The first kappa shape index (κ1) is 32.0. The maximum absolute atomic E-state index is 12.2. The first-order chi connectivity index (χ1) is 19.3. The lowest BCUT2D eigenvalue weighted by atomic mass is 9.92. The Morgan fingerprint density at radius 1 is 0.850 bits per heavy atom. The van der Waals surface area contributed by atoms with Gasteiger partial charge < -0.3 is 10.6 Å². The monoisotopic (exact) mass is 570 g/mol. The van der Waals surface area contributed by atoms with Crippen LogP contribution in [0.15, 0.2) is 24.3 Å². The van der Waals surface area contributed by atoms with E-state index in [1.54, 1.807) is 4.63 Å². The fraction of sp³-hybridized carbons (Fsp3) is 0.656. The lowest BCUT2D eigenvalue weighted by Crippen LogP contribution is -2.35. The smallest absolute Gasteiger partial charge is 0.315 e. The Balaban J connectivity index is 1.23. The second-order valence-corrected chi connectivity index (χ2v) is 12.5. The van der Waals surface area contributed by atoms with E-state index in [1.807, 2.05) is 24.3 Å². The Morgan fingerprint density at radius 2 is 1.40 bits per heavy atom. The summed E-state index contributed by atoms with van der Waals surface area (Å²) in [7, 11) is 0. The van der Waals surface area contributed by atoms with E-state index < -0.39 is 0 Å². The van der Waals surface area contributed by atoms with Gasteiger partial charge in [0.05, 0.1) is 5.69 Å². The summed E-state index contributed by atoms with van der Waals surface area (Å²) in [5.74, 6) is 0.610. The summed E-state index contributed by atoms with van der Waals surface area (Å²) in [4.78, 5) is 16.8. The molecule has 0 saturated carbocycles. The molecule has 0 aliphatic carbocycles. The predicted octanol–water partition coefficient (Wildman–Crippen LogP) is 8.96. The summed E-state index contributed by atoms with van der Waals surface area (Å²) in [5.41, 5.74) is 3.35. The van der Waals surface area contributed by atoms with Crippen molar-refractivity contribution < 1.29 is 4.79 Å². The number of nitrogens with one attached hydrogen (secondary N) is 3. The van der Waals surface area contributed by atoms with Gasteiger partial charge in [0.25, 0.3) is 0 Å². The summed E-state index contributed by atoms with van der Waals surface area (Å²) in [5, 5.41) is 14.3. The van der Waals surface area contributed by atoms with E-state index >= 15 is 0 Å². The van der Waals surface area contributed by atoms with Crippen LogP contribution in [0.3, 0.4) is 0 Å². The lowest BCUT2D eigenvalue weighted by molar-refractivity contribution is 0.240. The van der Waals surface area contributed by atoms with Crippen molar-refractivity contribution in [2.24, 2.45) is 0 Å². The van der Waals surface area contributed by atoms with Crippen LogP contribution in [0.2, 0.25) is 5.02 Å². The van der Waals surface area contributed by atoms with Gasteiger partial charge >= 0.3 is 6.03 Å². The molecule has 2 heterocycles. The molecule has 8 heteroatoms. The number of H-pyrrole nitrogens is 1. The van der Waals surface area contributed by atoms with E-state index in [0.717, 1.165) is 29.8 Å². The van der Waals surface area contributed by atoms with Gasteiger partial charge in [-0.2, -0.15) is 4.63 Å². The van der Waals surface area contributed by atoms with Crippen LogP contribution in [0, 0.1) is 0 Å². The number of aromatic amines is 1. The van der Waals surface area contributed by atoms with Crippen molar-refractivity contribution in [1.82, 2.24) is 30.4 Å². The molecule has 2 aromatic heterocycles. The number of urea groups is 1. The van der Waals surface area contributed by atoms with Gasteiger partial charge in [-0.1, -0.05) is 147 Å². The molecule has 0 aliphatic heterocycles. The van der Waals surface area contributed by atoms with Gasteiger partial charge in [0, 0.05) is 24.1 Å². The van der Waals surface area contributed by atoms with Gasteiger partial charge in [-0.3, -0.25) is 5.10 Å². The van der Waals surface area contributed by atoms with Crippen molar-refractivity contribution in [3.63, 3.8) is 0 Å². The van der Waals surface area contributed by atoms with Gasteiger partial charge in [-0.05, 0) is 12.0 Å². The summed E-state index contributed by atoms with van der Waals surface area (Å²) in [6.45, 7) is 9.76. The van der Waals surface area contributed by atoms with Gasteiger partial charge in [-0.15, -0.1) is 5.10 Å². The second-order valence-electron chi connectivity index (χ2n) is 12.1. The minimum Gasteiger partial charge on any atom is -0.338 e. The van der Waals surface area contributed by atoms with Crippen LogP contribution < -0.4 is 10.6 Å². The molecule has 0 saturated heterocycles. The number of rotatable bonds is 18. The van der Waals surface area contributed by atoms with E-state index in [-0.39, 0.29) is 11.4 Å². The topological polar surface area (TPSA) is 87.1 Å². The molecule has 7 nitrogen and oxygen atoms in total. The SMILES string of the molecule is CCCCCCCCCCCCCCCCNC(=O)NCc1ccc(-c2nc3c(Cl)c(C(C)(C)C)[nH]n3n2)cc1. The summed E-state index contributed by atoms with van der Waals surface area (Å²) in [6, 6.07) is 7.79. The number of halogens is 1. The molecule has 2 amide bonds. The highest BCUT2D eigenvalue weighted by atomic mass is 35.5. The number of carbonyl (C=O) groups is 1. The molecule has 40 heavy (non-hydrogen) atoms. The molecule has 3 rings (SSSR count). The van der Waals surface area contributed by atoms with Gasteiger partial charge in [0.15, 0.2) is 11.5 Å². The molecule has 0 bridgehead atoms. The van der Waals surface area contributed by atoms with Crippen LogP contribution in [-0.2, 0) is 12.0 Å². The van der Waals surface area contributed by atoms with Crippen LogP contribution in [0.1, 0.15) is 129 Å². The van der Waals surface area contributed by atoms with E-state index in [4.69, 9.17) is 11.6 Å². The standard InChI is InChI=1S/C32H51ClN6O/c1-5-6-7-8-9-10-11-12-13-14-15-16-17-18-23-34-31(40)35-24-25-19-21-26(22-20-25)29-36-30-27(33)28(32(2,3)4)37-39(30)38-29/h19-22,37H,5-18,23-24H2,1-4H3,(H2,34,35,40). The van der Waals surface area contributed by atoms with Crippen molar-refractivity contribution in [3.05, 3.63) is 40.5 Å². The zero-order chi connectivity index (χ0) is 28.8. The fourth-order valence-electron chi connectivity index (χ4n) is 4.96. The average Bonchev–Trinajstić information content (AvgIpc) is 3.49. The Bertz CT molecular complexity index is 1140. The van der Waals surface area contributed by atoms with Crippen LogP contribution in [0.5, 0.6) is 0 Å². The van der Waals surface area contributed by atoms with Crippen LogP contribution in [0.4, 0.5) is 4.79 Å². The molecule has 3 aromatic rings. The number of aromatic nitrogens is 4. The molecule has 0 aliphatic rings. The number of nitrogens with zero attached hydrogens (tertiary/aromatic N) is 3. The first-order valence-corrected chi connectivity index (χ1v) is 15.9. The number of hydrogen-bond acceptors (Lipinski definition) is 3. The van der Waals surface area contributed by atoms with Crippen molar-refractivity contribution in [2.75, 3.05) is 6.54 Å². The summed E-state index contributed by atoms with van der Waals surface area (Å²) < 4.78 is 1.64. The molecule has 0 unspecified atom stereocenters. The number of unbranched alkanes of at least 4 members (excludes halogenated alkanes) is 13. The highest BCUT2D eigenvalue weighted by molar-refractivity contribution is 6.34. The Labute approximate surface area is 246 Å². The predicted molar refractivity (Wildman–Crippen MR) is 167 cm³/mol. The number of carbonyl (C=O) groups excluding carboxylic acids is 1. The van der Waals surface area contributed by atoms with Crippen molar-refractivity contribution in [2.45, 2.75) is 130 Å². The maximum Gasteiger partial charge on any atom is 0.315 e. The van der Waals surface area contributed by atoms with Crippen LogP contribution in [0.25, 0.3) is 17.0 Å². The Morgan fingerprint density at radius 3 is 1.93 bits per heavy atom. The second kappa shape index (κ2) is 16.7. The molecule has 0 atom stereocenters. The number of fused-ring (bicyclic) bond motifs is 1. The molecule has 0 spiro atoms. The lowest BCUT2D eigenvalue weighted by Gasteiger charge is -2.16. The molecule has 0 radical (unpaired) electrons. The van der Waals surface area contributed by atoms with E-state index in [1.165, 1.54) is 83.5 Å². The summed E-state index contributed by atoms with van der Waals surface area (Å²) >= 11 is 6.55. The number of amides is 2. The average molecular weight is 571 g/mol. The molecule has 222 valence electrons. The van der Waals surface area contributed by atoms with Gasteiger partial charge in [-0.25, -0.2) is 9.78 Å². The zero-order valence-corrected chi connectivity index (χ0v) is 26.0. The Kier molecular flexibility index (Phi) is 13.3. The molecule has 0 fully saturated rings. The van der Waals surface area contributed by atoms with Crippen molar-refractivity contribution in [3.8, 4) is 11.4 Å². The summed E-state index contributed by atoms with van der Waals surface area (Å²) in [6.07, 6.45) is 18.7. The van der Waals surface area contributed by atoms with E-state index in [0.29, 0.717) is 23.0 Å². The number of benzene rings is 1. The number of hydrogen-bond donors (Lipinski definition) is 3. The minimum atomic E-state index is -0.118.